The minimum Gasteiger partial charge on any atom is -0.478 e. The number of ether oxygens (including phenoxy) is 1. The van der Waals surface area contributed by atoms with Gasteiger partial charge in [0.05, 0.1) is 18.8 Å². The summed E-state index contributed by atoms with van der Waals surface area (Å²) in [7, 11) is 2.03. The second-order valence-corrected chi connectivity index (χ2v) is 4.92. The van der Waals surface area contributed by atoms with Crippen LogP contribution in [0.15, 0.2) is 23.2 Å². The van der Waals surface area contributed by atoms with E-state index in [0.717, 1.165) is 36.9 Å². The molecule has 0 aromatic heterocycles. The highest BCUT2D eigenvalue weighted by Gasteiger charge is 2.29. The van der Waals surface area contributed by atoms with Crippen molar-refractivity contribution >= 4 is 17.3 Å². The molecule has 0 saturated carbocycles. The number of nitrogens with one attached hydrogen (secondary N) is 1. The summed E-state index contributed by atoms with van der Waals surface area (Å²) in [5.74, 6) is 1.71. The molecular formula is C14H17N3O2. The summed E-state index contributed by atoms with van der Waals surface area (Å²) in [4.78, 5) is 18.0. The Bertz CT molecular complexity index is 554. The number of fused-ring (bicyclic) bond motifs is 1. The summed E-state index contributed by atoms with van der Waals surface area (Å²) < 4.78 is 5.99. The predicted octanol–water partition coefficient (Wildman–Crippen LogP) is 1.09. The highest BCUT2D eigenvalue weighted by molar-refractivity contribution is 5.95. The number of carbonyl (C=O) groups excluding carboxylic acids is 1. The van der Waals surface area contributed by atoms with Crippen molar-refractivity contribution in [2.24, 2.45) is 4.99 Å². The number of hydrogen-bond donors (Lipinski definition) is 1. The topological polar surface area (TPSA) is 53.9 Å². The monoisotopic (exact) mass is 259 g/mol. The molecule has 100 valence electrons. The van der Waals surface area contributed by atoms with Crippen LogP contribution in [0.25, 0.3) is 0 Å². The van der Waals surface area contributed by atoms with E-state index in [-0.39, 0.29) is 11.9 Å². The molecule has 1 unspecified atom stereocenters. The van der Waals surface area contributed by atoms with Gasteiger partial charge in [-0.05, 0) is 25.1 Å². The maximum absolute atomic E-state index is 11.4. The minimum absolute atomic E-state index is 0.0486. The third-order valence-corrected chi connectivity index (χ3v) is 3.49. The van der Waals surface area contributed by atoms with Crippen molar-refractivity contribution in [2.45, 2.75) is 13.0 Å². The normalized spacial score (nSPS) is 21.3. The van der Waals surface area contributed by atoms with Crippen LogP contribution >= 0.6 is 0 Å². The highest BCUT2D eigenvalue weighted by atomic mass is 16.5. The zero-order valence-electron chi connectivity index (χ0n) is 11.1. The summed E-state index contributed by atoms with van der Waals surface area (Å²) in [5, 5.41) is 3.25. The first kappa shape index (κ1) is 12.0. The van der Waals surface area contributed by atoms with Crippen LogP contribution in [0.4, 0.5) is 5.69 Å². The van der Waals surface area contributed by atoms with Crippen molar-refractivity contribution in [3.8, 4) is 5.75 Å². The molecule has 5 heteroatoms. The number of amidine groups is 1. The number of likely N-dealkylation sites (N-methyl/N-ethyl adjacent to an activating group) is 1. The number of ketones is 1. The van der Waals surface area contributed by atoms with Crippen LogP contribution in [0.2, 0.25) is 0 Å². The largest absolute Gasteiger partial charge is 0.478 e. The average Bonchev–Trinajstić information content (AvgIpc) is 2.91. The molecule has 0 amide bonds. The lowest BCUT2D eigenvalue weighted by molar-refractivity contribution is 0.101. The van der Waals surface area contributed by atoms with Gasteiger partial charge in [0.25, 0.3) is 0 Å². The quantitative estimate of drug-likeness (QED) is 0.808. The maximum atomic E-state index is 11.4. The van der Waals surface area contributed by atoms with Gasteiger partial charge in [-0.3, -0.25) is 9.79 Å². The molecule has 1 N–H and O–H groups in total. The SMILES string of the molecule is CC(=O)c1ccc2c(c1)OC(C1=NCCN1)CN2C. The summed E-state index contributed by atoms with van der Waals surface area (Å²) in [6.07, 6.45) is -0.0813. The molecule has 2 heterocycles. The fourth-order valence-corrected chi connectivity index (χ4v) is 2.45. The van der Waals surface area contributed by atoms with Gasteiger partial charge >= 0.3 is 0 Å². The predicted molar refractivity (Wildman–Crippen MR) is 74.4 cm³/mol. The molecule has 0 aliphatic carbocycles. The van der Waals surface area contributed by atoms with Gasteiger partial charge in [0.2, 0.25) is 0 Å². The summed E-state index contributed by atoms with van der Waals surface area (Å²) in [6, 6.07) is 5.59. The van der Waals surface area contributed by atoms with Crippen LogP contribution in [-0.2, 0) is 0 Å². The van der Waals surface area contributed by atoms with Crippen LogP contribution in [0.1, 0.15) is 17.3 Å². The van der Waals surface area contributed by atoms with Gasteiger partial charge in [0.15, 0.2) is 11.9 Å². The summed E-state index contributed by atoms with van der Waals surface area (Å²) in [6.45, 7) is 4.01. The van der Waals surface area contributed by atoms with E-state index in [1.807, 2.05) is 25.2 Å². The van der Waals surface area contributed by atoms with Crippen LogP contribution in [0.5, 0.6) is 5.75 Å². The number of aliphatic imine (C=N–C) groups is 1. The fraction of sp³-hybridized carbons (Fsp3) is 0.429. The number of anilines is 1. The van der Waals surface area contributed by atoms with Crippen LogP contribution in [0.3, 0.4) is 0 Å². The minimum atomic E-state index is -0.0813. The van der Waals surface area contributed by atoms with Gasteiger partial charge in [0, 0.05) is 19.2 Å². The Balaban J connectivity index is 1.92. The van der Waals surface area contributed by atoms with Crippen LogP contribution in [-0.4, -0.2) is 44.4 Å². The van der Waals surface area contributed by atoms with E-state index in [4.69, 9.17) is 4.74 Å². The summed E-state index contributed by atoms with van der Waals surface area (Å²) >= 11 is 0. The zero-order valence-corrected chi connectivity index (χ0v) is 11.1. The van der Waals surface area contributed by atoms with Crippen LogP contribution < -0.4 is 15.0 Å². The Labute approximate surface area is 112 Å². The van der Waals surface area contributed by atoms with E-state index in [2.05, 4.69) is 15.2 Å². The van der Waals surface area contributed by atoms with Crippen molar-refractivity contribution in [3.63, 3.8) is 0 Å². The molecule has 19 heavy (non-hydrogen) atoms. The molecule has 1 atom stereocenters. The third-order valence-electron chi connectivity index (χ3n) is 3.49. The van der Waals surface area contributed by atoms with E-state index >= 15 is 0 Å². The maximum Gasteiger partial charge on any atom is 0.173 e. The van der Waals surface area contributed by atoms with Gasteiger partial charge in [-0.2, -0.15) is 0 Å². The molecule has 2 aliphatic rings. The van der Waals surface area contributed by atoms with E-state index in [1.165, 1.54) is 0 Å². The number of rotatable bonds is 2. The molecule has 0 saturated heterocycles. The van der Waals surface area contributed by atoms with E-state index in [9.17, 15) is 4.79 Å². The number of carbonyl (C=O) groups is 1. The van der Waals surface area contributed by atoms with Crippen molar-refractivity contribution in [2.75, 3.05) is 31.6 Å². The number of hydrogen-bond acceptors (Lipinski definition) is 5. The zero-order chi connectivity index (χ0) is 13.4. The molecule has 0 spiro atoms. The lowest BCUT2D eigenvalue weighted by Gasteiger charge is -2.34. The Kier molecular flexibility index (Phi) is 2.89. The molecule has 1 aromatic carbocycles. The molecular weight excluding hydrogens is 242 g/mol. The van der Waals surface area contributed by atoms with Gasteiger partial charge in [-0.15, -0.1) is 0 Å². The first-order valence-electron chi connectivity index (χ1n) is 6.46. The number of benzene rings is 1. The molecule has 3 rings (SSSR count). The Hall–Kier alpha value is -2.04. The first-order chi connectivity index (χ1) is 9.15. The van der Waals surface area contributed by atoms with Crippen molar-refractivity contribution in [3.05, 3.63) is 23.8 Å². The highest BCUT2D eigenvalue weighted by Crippen LogP contribution is 2.33. The lowest BCUT2D eigenvalue weighted by Crippen LogP contribution is -2.46. The number of Topliss-reactive ketones (excluding diaryl/α,β-unsaturated/α-hetero) is 1. The molecule has 5 nitrogen and oxygen atoms in total. The molecule has 1 aromatic rings. The molecule has 0 fully saturated rings. The average molecular weight is 259 g/mol. The molecule has 0 bridgehead atoms. The van der Waals surface area contributed by atoms with Gasteiger partial charge in [-0.1, -0.05) is 0 Å². The van der Waals surface area contributed by atoms with Gasteiger partial charge in [0.1, 0.15) is 11.6 Å². The first-order valence-corrected chi connectivity index (χ1v) is 6.46. The van der Waals surface area contributed by atoms with Crippen molar-refractivity contribution in [1.82, 2.24) is 5.32 Å². The van der Waals surface area contributed by atoms with Gasteiger partial charge < -0.3 is 15.0 Å². The van der Waals surface area contributed by atoms with E-state index in [0.29, 0.717) is 5.56 Å². The fourth-order valence-electron chi connectivity index (χ4n) is 2.45. The van der Waals surface area contributed by atoms with Crippen molar-refractivity contribution in [1.29, 1.82) is 0 Å². The molecule has 0 radical (unpaired) electrons. The van der Waals surface area contributed by atoms with Crippen LogP contribution in [0, 0.1) is 0 Å². The van der Waals surface area contributed by atoms with E-state index in [1.54, 1.807) is 6.92 Å². The smallest absolute Gasteiger partial charge is 0.173 e. The Morgan fingerprint density at radius 1 is 1.53 bits per heavy atom. The molecule has 2 aliphatic heterocycles. The van der Waals surface area contributed by atoms with Gasteiger partial charge in [-0.25, -0.2) is 0 Å². The second kappa shape index (κ2) is 4.57. The standard InChI is InChI=1S/C14H17N3O2/c1-9(18)10-3-4-11-12(7-10)19-13(8-17(11)2)14-15-5-6-16-14/h3-4,7,13H,5-6,8H2,1-2H3,(H,15,16). The number of nitrogens with zero attached hydrogens (tertiary/aromatic N) is 2. The Morgan fingerprint density at radius 2 is 2.37 bits per heavy atom. The van der Waals surface area contributed by atoms with Crippen molar-refractivity contribution < 1.29 is 9.53 Å². The second-order valence-electron chi connectivity index (χ2n) is 4.92. The summed E-state index contributed by atoms with van der Waals surface area (Å²) in [5.41, 5.74) is 1.69. The Morgan fingerprint density at radius 3 is 3.05 bits per heavy atom. The lowest BCUT2D eigenvalue weighted by atomic mass is 10.1. The van der Waals surface area contributed by atoms with E-state index < -0.39 is 0 Å². The third kappa shape index (κ3) is 2.16.